The number of nitrogens with one attached hydrogen (secondary N) is 1. The van der Waals surface area contributed by atoms with Gasteiger partial charge in [0.25, 0.3) is 10.0 Å². The van der Waals surface area contributed by atoms with Crippen molar-refractivity contribution < 1.29 is 18.0 Å². The largest absolute Gasteiger partial charge is 0.350 e. The molecule has 0 saturated carbocycles. The van der Waals surface area contributed by atoms with Crippen molar-refractivity contribution in [1.82, 2.24) is 10.2 Å². The molecule has 1 N–H and O–H groups in total. The molecule has 1 unspecified atom stereocenters. The number of benzene rings is 3. The first-order valence-corrected chi connectivity index (χ1v) is 15.0. The second-order valence-corrected chi connectivity index (χ2v) is 13.5. The van der Waals surface area contributed by atoms with Crippen LogP contribution in [0.1, 0.15) is 44.4 Å². The van der Waals surface area contributed by atoms with Gasteiger partial charge in [-0.3, -0.25) is 13.9 Å². The summed E-state index contributed by atoms with van der Waals surface area (Å²) in [6.07, 6.45) is 0. The summed E-state index contributed by atoms with van der Waals surface area (Å²) < 4.78 is 28.8. The van der Waals surface area contributed by atoms with Crippen LogP contribution in [0.15, 0.2) is 71.6 Å². The maximum Gasteiger partial charge on any atom is 0.264 e. The van der Waals surface area contributed by atoms with Crippen molar-refractivity contribution in [2.24, 2.45) is 0 Å². The maximum absolute atomic E-state index is 14.0. The van der Waals surface area contributed by atoms with Crippen LogP contribution in [0.2, 0.25) is 10.0 Å². The molecule has 214 valence electrons. The van der Waals surface area contributed by atoms with Crippen LogP contribution in [0.3, 0.4) is 0 Å². The summed E-state index contributed by atoms with van der Waals surface area (Å²) in [6.45, 7) is 10.5. The summed E-state index contributed by atoms with van der Waals surface area (Å²) in [4.78, 5) is 28.5. The Bertz CT molecular complexity index is 1470. The Kier molecular flexibility index (Phi) is 9.93. The highest BCUT2D eigenvalue weighted by Crippen LogP contribution is 2.31. The average molecular weight is 605 g/mol. The van der Waals surface area contributed by atoms with Gasteiger partial charge in [-0.2, -0.15) is 0 Å². The Labute approximate surface area is 247 Å². The number of carbonyl (C=O) groups excluding carboxylic acids is 2. The van der Waals surface area contributed by atoms with E-state index in [1.165, 1.54) is 35.2 Å². The SMILES string of the molecule is Cc1ccc(CN(C(=O)CN(c2ccc(Cl)c(Cl)c2)S(=O)(=O)c2ccc(C)cc2)C(C)C(=O)NC(C)(C)C)cc1. The number of hydrogen-bond donors (Lipinski definition) is 1. The van der Waals surface area contributed by atoms with Crippen LogP contribution < -0.4 is 9.62 Å². The van der Waals surface area contributed by atoms with Crippen molar-refractivity contribution in [3.8, 4) is 0 Å². The van der Waals surface area contributed by atoms with E-state index < -0.39 is 34.1 Å². The van der Waals surface area contributed by atoms with Gasteiger partial charge >= 0.3 is 0 Å². The molecule has 0 fully saturated rings. The van der Waals surface area contributed by atoms with Gasteiger partial charge in [-0.1, -0.05) is 70.7 Å². The summed E-state index contributed by atoms with van der Waals surface area (Å²) in [7, 11) is -4.20. The fourth-order valence-corrected chi connectivity index (χ4v) is 5.65. The third-order valence-corrected chi connectivity index (χ3v) is 8.75. The molecule has 40 heavy (non-hydrogen) atoms. The molecule has 1 atom stereocenters. The van der Waals surface area contributed by atoms with E-state index in [0.717, 1.165) is 21.0 Å². The number of amides is 2. The van der Waals surface area contributed by atoms with E-state index in [1.54, 1.807) is 19.1 Å². The second-order valence-electron chi connectivity index (χ2n) is 10.8. The van der Waals surface area contributed by atoms with Crippen LogP contribution in [-0.2, 0) is 26.2 Å². The first kappa shape index (κ1) is 31.5. The predicted molar refractivity (Wildman–Crippen MR) is 161 cm³/mol. The van der Waals surface area contributed by atoms with Crippen molar-refractivity contribution in [3.05, 3.63) is 93.5 Å². The van der Waals surface area contributed by atoms with Gasteiger partial charge in [0, 0.05) is 12.1 Å². The molecule has 0 aliphatic rings. The highest BCUT2D eigenvalue weighted by Gasteiger charge is 2.33. The molecule has 2 amide bonds. The van der Waals surface area contributed by atoms with Crippen molar-refractivity contribution >= 4 is 50.7 Å². The Morgan fingerprint density at radius 1 is 0.875 bits per heavy atom. The molecule has 0 radical (unpaired) electrons. The highest BCUT2D eigenvalue weighted by atomic mass is 35.5. The van der Waals surface area contributed by atoms with E-state index in [9.17, 15) is 18.0 Å². The zero-order valence-corrected chi connectivity index (χ0v) is 25.9. The van der Waals surface area contributed by atoms with E-state index in [4.69, 9.17) is 23.2 Å². The van der Waals surface area contributed by atoms with Gasteiger partial charge in [0.2, 0.25) is 11.8 Å². The Morgan fingerprint density at radius 2 is 1.43 bits per heavy atom. The molecule has 0 spiro atoms. The summed E-state index contributed by atoms with van der Waals surface area (Å²) in [5.41, 5.74) is 2.39. The third-order valence-electron chi connectivity index (χ3n) is 6.22. The predicted octanol–water partition coefficient (Wildman–Crippen LogP) is 6.14. The number of rotatable bonds is 9. The van der Waals surface area contributed by atoms with Crippen LogP contribution in [0.4, 0.5) is 5.69 Å². The molecule has 3 aromatic rings. The lowest BCUT2D eigenvalue weighted by atomic mass is 10.1. The van der Waals surface area contributed by atoms with Crippen LogP contribution in [0.5, 0.6) is 0 Å². The zero-order valence-electron chi connectivity index (χ0n) is 23.5. The average Bonchev–Trinajstić information content (AvgIpc) is 2.87. The lowest BCUT2D eigenvalue weighted by molar-refractivity contribution is -0.140. The maximum atomic E-state index is 14.0. The Balaban J connectivity index is 2.06. The Hall–Kier alpha value is -3.07. The molecule has 0 aliphatic carbocycles. The van der Waals surface area contributed by atoms with Crippen LogP contribution in [-0.4, -0.2) is 43.3 Å². The van der Waals surface area contributed by atoms with Crippen molar-refractivity contribution in [3.63, 3.8) is 0 Å². The van der Waals surface area contributed by atoms with Gasteiger partial charge in [-0.25, -0.2) is 8.42 Å². The van der Waals surface area contributed by atoms with Crippen molar-refractivity contribution in [2.75, 3.05) is 10.8 Å². The molecule has 3 aromatic carbocycles. The zero-order chi connectivity index (χ0) is 29.8. The van der Waals surface area contributed by atoms with E-state index in [1.807, 2.05) is 58.9 Å². The van der Waals surface area contributed by atoms with Gasteiger partial charge in [-0.15, -0.1) is 0 Å². The lowest BCUT2D eigenvalue weighted by Gasteiger charge is -2.33. The quantitative estimate of drug-likeness (QED) is 0.318. The van der Waals surface area contributed by atoms with Crippen molar-refractivity contribution in [1.29, 1.82) is 0 Å². The second kappa shape index (κ2) is 12.6. The number of aryl methyl sites for hydroxylation is 2. The fourth-order valence-electron chi connectivity index (χ4n) is 3.95. The smallest absolute Gasteiger partial charge is 0.264 e. The molecule has 0 bridgehead atoms. The fraction of sp³-hybridized carbons (Fsp3) is 0.333. The number of carbonyl (C=O) groups is 2. The summed E-state index contributed by atoms with van der Waals surface area (Å²) in [6, 6.07) is 17.4. The van der Waals surface area contributed by atoms with Crippen LogP contribution in [0.25, 0.3) is 0 Å². The van der Waals surface area contributed by atoms with E-state index >= 15 is 0 Å². The summed E-state index contributed by atoms with van der Waals surface area (Å²) in [5, 5.41) is 3.30. The van der Waals surface area contributed by atoms with E-state index in [2.05, 4.69) is 5.32 Å². The van der Waals surface area contributed by atoms with E-state index in [0.29, 0.717) is 0 Å². The first-order chi connectivity index (χ1) is 18.6. The molecule has 0 saturated heterocycles. The monoisotopic (exact) mass is 603 g/mol. The minimum atomic E-state index is -4.20. The molecular weight excluding hydrogens is 569 g/mol. The molecule has 0 aromatic heterocycles. The van der Waals surface area contributed by atoms with Gasteiger partial charge < -0.3 is 10.2 Å². The minimum absolute atomic E-state index is 0.0144. The number of anilines is 1. The Morgan fingerprint density at radius 3 is 1.95 bits per heavy atom. The third kappa shape index (κ3) is 7.99. The van der Waals surface area contributed by atoms with E-state index in [-0.39, 0.29) is 33.1 Å². The molecule has 3 rings (SSSR count). The highest BCUT2D eigenvalue weighted by molar-refractivity contribution is 7.92. The minimum Gasteiger partial charge on any atom is -0.350 e. The van der Waals surface area contributed by atoms with Crippen LogP contribution >= 0.6 is 23.2 Å². The number of nitrogens with zero attached hydrogens (tertiary/aromatic N) is 2. The topological polar surface area (TPSA) is 86.8 Å². The lowest BCUT2D eigenvalue weighted by Crippen LogP contribution is -2.54. The van der Waals surface area contributed by atoms with Gasteiger partial charge in [0.1, 0.15) is 12.6 Å². The molecule has 7 nitrogen and oxygen atoms in total. The number of hydrogen-bond acceptors (Lipinski definition) is 4. The van der Waals surface area contributed by atoms with Crippen molar-refractivity contribution in [2.45, 2.75) is 64.6 Å². The standard InChI is InChI=1S/C30H35Cl2N3O4S/c1-20-7-11-23(12-8-20)18-34(22(3)29(37)33-30(4,5)6)28(36)19-35(24-13-16-26(31)27(32)17-24)40(38,39)25-14-9-21(2)10-15-25/h7-17,22H,18-19H2,1-6H3,(H,33,37). The molecule has 10 heteroatoms. The summed E-state index contributed by atoms with van der Waals surface area (Å²) >= 11 is 12.3. The number of sulfonamides is 1. The molecule has 0 heterocycles. The van der Waals surface area contributed by atoms with Gasteiger partial charge in [0.05, 0.1) is 20.6 Å². The normalized spacial score (nSPS) is 12.5. The number of halogens is 2. The summed E-state index contributed by atoms with van der Waals surface area (Å²) in [5.74, 6) is -0.908. The first-order valence-electron chi connectivity index (χ1n) is 12.8. The van der Waals surface area contributed by atoms with Gasteiger partial charge in [0.15, 0.2) is 0 Å². The molecular formula is C30H35Cl2N3O4S. The van der Waals surface area contributed by atoms with Gasteiger partial charge in [-0.05, 0) is 77.4 Å². The van der Waals surface area contributed by atoms with Crippen LogP contribution in [0, 0.1) is 13.8 Å². The molecule has 0 aliphatic heterocycles.